The second-order valence-corrected chi connectivity index (χ2v) is 11.2. The van der Waals surface area contributed by atoms with E-state index in [2.05, 4.69) is 5.32 Å². The number of alkyl halides is 3. The van der Waals surface area contributed by atoms with Crippen LogP contribution in [0.1, 0.15) is 85.9 Å². The molecule has 0 saturated carbocycles. The molecule has 6 N–H and O–H groups in total. The van der Waals surface area contributed by atoms with E-state index in [1.54, 1.807) is 18.2 Å². The first-order valence-electron chi connectivity index (χ1n) is 15.1. The Kier molecular flexibility index (Phi) is 12.9. The lowest BCUT2D eigenvalue weighted by Gasteiger charge is -2.30. The Bertz CT molecular complexity index is 1570. The average molecular weight is 661 g/mol. The zero-order valence-corrected chi connectivity index (χ0v) is 26.5. The minimum atomic E-state index is -4.87. The summed E-state index contributed by atoms with van der Waals surface area (Å²) in [6.45, 7) is 4.41. The van der Waals surface area contributed by atoms with Gasteiger partial charge in [-0.2, -0.15) is 13.2 Å². The van der Waals surface area contributed by atoms with Crippen molar-refractivity contribution < 1.29 is 41.8 Å². The SMILES string of the molecule is CCCN(CCC)C(=O)c1cc(C(N)=O)cc(C(N)=O)c1[C@H](Cc1cc(F)cc(C(F)(F)F)c1)[C@@H](O)CNCc1cccc(OC)c1. The normalized spacial score (nSPS) is 12.8. The second-order valence-electron chi connectivity index (χ2n) is 11.2. The third-order valence-electron chi connectivity index (χ3n) is 7.63. The number of amides is 3. The molecule has 0 unspecified atom stereocenters. The lowest BCUT2D eigenvalue weighted by atomic mass is 9.80. The van der Waals surface area contributed by atoms with Gasteiger partial charge in [-0.3, -0.25) is 14.4 Å². The fourth-order valence-corrected chi connectivity index (χ4v) is 5.51. The number of aliphatic hydroxyl groups excluding tert-OH is 1. The van der Waals surface area contributed by atoms with Crippen molar-refractivity contribution in [2.24, 2.45) is 11.5 Å². The lowest BCUT2D eigenvalue weighted by molar-refractivity contribution is -0.137. The first-order chi connectivity index (χ1) is 22.2. The largest absolute Gasteiger partial charge is 0.497 e. The number of carbonyl (C=O) groups is 3. The van der Waals surface area contributed by atoms with E-state index in [0.29, 0.717) is 37.7 Å². The van der Waals surface area contributed by atoms with Crippen LogP contribution in [0, 0.1) is 5.82 Å². The van der Waals surface area contributed by atoms with Gasteiger partial charge in [-0.25, -0.2) is 4.39 Å². The van der Waals surface area contributed by atoms with Crippen LogP contribution in [-0.2, 0) is 19.1 Å². The van der Waals surface area contributed by atoms with E-state index >= 15 is 0 Å². The number of halogens is 4. The predicted octanol–water partition coefficient (Wildman–Crippen LogP) is 4.79. The highest BCUT2D eigenvalue weighted by molar-refractivity contribution is 6.06. The summed E-state index contributed by atoms with van der Waals surface area (Å²) in [5.41, 5.74) is 9.92. The van der Waals surface area contributed by atoms with Crippen LogP contribution in [0.25, 0.3) is 0 Å². The monoisotopic (exact) mass is 660 g/mol. The third-order valence-corrected chi connectivity index (χ3v) is 7.63. The number of nitrogens with two attached hydrogens (primary N) is 2. The minimum Gasteiger partial charge on any atom is -0.497 e. The van der Waals surface area contributed by atoms with Crippen LogP contribution in [0.2, 0.25) is 0 Å². The van der Waals surface area contributed by atoms with Gasteiger partial charge < -0.3 is 31.5 Å². The molecule has 13 heteroatoms. The van der Waals surface area contributed by atoms with E-state index in [9.17, 15) is 37.1 Å². The molecule has 2 atom stereocenters. The number of aliphatic hydroxyl groups is 1. The van der Waals surface area contributed by atoms with Gasteiger partial charge in [-0.05, 0) is 78.4 Å². The minimum absolute atomic E-state index is 0.0850. The Morgan fingerprint density at radius 2 is 1.60 bits per heavy atom. The molecule has 254 valence electrons. The number of carbonyl (C=O) groups excluding carboxylic acids is 3. The third kappa shape index (κ3) is 9.75. The molecule has 47 heavy (non-hydrogen) atoms. The van der Waals surface area contributed by atoms with E-state index in [4.69, 9.17) is 16.2 Å². The maximum atomic E-state index is 14.5. The van der Waals surface area contributed by atoms with Gasteiger partial charge in [0.05, 0.1) is 18.8 Å². The molecule has 3 amide bonds. The molecule has 0 aliphatic rings. The highest BCUT2D eigenvalue weighted by Crippen LogP contribution is 2.35. The van der Waals surface area contributed by atoms with Crippen LogP contribution < -0.4 is 21.5 Å². The molecule has 0 saturated heterocycles. The lowest BCUT2D eigenvalue weighted by Crippen LogP contribution is -2.38. The van der Waals surface area contributed by atoms with Crippen molar-refractivity contribution in [1.29, 1.82) is 0 Å². The summed E-state index contributed by atoms with van der Waals surface area (Å²) in [6.07, 6.45) is -5.60. The van der Waals surface area contributed by atoms with Crippen LogP contribution in [0.4, 0.5) is 17.6 Å². The first-order valence-corrected chi connectivity index (χ1v) is 15.1. The molecule has 9 nitrogen and oxygen atoms in total. The molecule has 0 aliphatic carbocycles. The topological polar surface area (TPSA) is 148 Å². The van der Waals surface area contributed by atoms with Crippen molar-refractivity contribution >= 4 is 17.7 Å². The van der Waals surface area contributed by atoms with Crippen molar-refractivity contribution in [2.75, 3.05) is 26.7 Å². The van der Waals surface area contributed by atoms with Crippen LogP contribution in [0.15, 0.2) is 54.6 Å². The van der Waals surface area contributed by atoms with Crippen LogP contribution in [0.5, 0.6) is 5.75 Å². The molecule has 3 aromatic rings. The second kappa shape index (κ2) is 16.4. The van der Waals surface area contributed by atoms with Crippen molar-refractivity contribution in [1.82, 2.24) is 10.2 Å². The smallest absolute Gasteiger partial charge is 0.416 e. The zero-order valence-electron chi connectivity index (χ0n) is 26.5. The number of rotatable bonds is 16. The molecule has 0 aliphatic heterocycles. The summed E-state index contributed by atoms with van der Waals surface area (Å²) in [7, 11) is 1.51. The molecule has 3 aromatic carbocycles. The highest BCUT2D eigenvalue weighted by Gasteiger charge is 2.35. The summed E-state index contributed by atoms with van der Waals surface area (Å²) < 4.78 is 60.7. The Hall–Kier alpha value is -4.49. The maximum absolute atomic E-state index is 14.5. The summed E-state index contributed by atoms with van der Waals surface area (Å²) in [6, 6.07) is 11.4. The van der Waals surface area contributed by atoms with Gasteiger partial charge in [0.15, 0.2) is 0 Å². The number of nitrogens with one attached hydrogen (secondary N) is 1. The quantitative estimate of drug-likeness (QED) is 0.163. The molecule has 0 fully saturated rings. The zero-order chi connectivity index (χ0) is 34.9. The van der Waals surface area contributed by atoms with Gasteiger partial charge >= 0.3 is 6.18 Å². The Balaban J connectivity index is 2.22. The Morgan fingerprint density at radius 1 is 0.936 bits per heavy atom. The molecule has 0 spiro atoms. The number of benzene rings is 3. The standard InChI is InChI=1S/C34H40F4N4O5/c1-4-9-42(10-5-2)33(46)28-16-22(31(39)44)15-27(32(40)45)30(28)26(14-21-11-23(34(36,37)38)17-24(35)12-21)29(43)19-41-18-20-7-6-8-25(13-20)47-3/h6-8,11-13,15-17,26,29,41,43H,4-5,9-10,14,18-19H2,1-3H3,(H2,39,44)(H2,40,45)/t26-,29+/m1/s1. The van der Waals surface area contributed by atoms with Crippen LogP contribution >= 0.6 is 0 Å². The van der Waals surface area contributed by atoms with Gasteiger partial charge in [0.25, 0.3) is 5.91 Å². The van der Waals surface area contributed by atoms with E-state index < -0.39 is 53.7 Å². The number of nitrogens with zero attached hydrogens (tertiary/aromatic N) is 1. The summed E-state index contributed by atoms with van der Waals surface area (Å²) in [5, 5.41) is 14.7. The maximum Gasteiger partial charge on any atom is 0.416 e. The molecular weight excluding hydrogens is 620 g/mol. The summed E-state index contributed by atoms with van der Waals surface area (Å²) in [4.78, 5) is 40.8. The van der Waals surface area contributed by atoms with E-state index in [1.165, 1.54) is 18.1 Å². The highest BCUT2D eigenvalue weighted by atomic mass is 19.4. The van der Waals surface area contributed by atoms with Gasteiger partial charge in [0, 0.05) is 48.8 Å². The molecular formula is C34H40F4N4O5. The molecule has 0 heterocycles. The van der Waals surface area contributed by atoms with E-state index in [-0.39, 0.29) is 40.9 Å². The number of hydrogen-bond acceptors (Lipinski definition) is 6. The molecule has 0 bridgehead atoms. The summed E-state index contributed by atoms with van der Waals surface area (Å²) >= 11 is 0. The van der Waals surface area contributed by atoms with Crippen LogP contribution in [-0.4, -0.2) is 60.6 Å². The van der Waals surface area contributed by atoms with Gasteiger partial charge in [0.1, 0.15) is 11.6 Å². The van der Waals surface area contributed by atoms with Gasteiger partial charge in [-0.1, -0.05) is 26.0 Å². The van der Waals surface area contributed by atoms with Gasteiger partial charge in [-0.15, -0.1) is 0 Å². The molecule has 0 aromatic heterocycles. The fraction of sp³-hybridized carbons (Fsp3) is 0.382. The van der Waals surface area contributed by atoms with Crippen LogP contribution in [0.3, 0.4) is 0 Å². The van der Waals surface area contributed by atoms with Crippen molar-refractivity contribution in [3.63, 3.8) is 0 Å². The average Bonchev–Trinajstić information content (AvgIpc) is 3.02. The number of primary amides is 2. The molecule has 0 radical (unpaired) electrons. The first kappa shape index (κ1) is 37.0. The summed E-state index contributed by atoms with van der Waals surface area (Å²) in [5.74, 6) is -4.45. The van der Waals surface area contributed by atoms with E-state index in [1.807, 2.05) is 19.9 Å². The van der Waals surface area contributed by atoms with E-state index in [0.717, 1.165) is 23.8 Å². The Morgan fingerprint density at radius 3 is 2.17 bits per heavy atom. The fourth-order valence-electron chi connectivity index (χ4n) is 5.51. The van der Waals surface area contributed by atoms with Gasteiger partial charge in [0.2, 0.25) is 11.8 Å². The number of ether oxygens (including phenoxy) is 1. The molecule has 3 rings (SSSR count). The Labute approximate surface area is 270 Å². The predicted molar refractivity (Wildman–Crippen MR) is 169 cm³/mol. The van der Waals surface area contributed by atoms with Crippen molar-refractivity contribution in [2.45, 2.75) is 57.9 Å². The number of hydrogen-bond donors (Lipinski definition) is 4. The van der Waals surface area contributed by atoms with Crippen molar-refractivity contribution in [3.8, 4) is 5.75 Å². The number of methoxy groups -OCH3 is 1. The van der Waals surface area contributed by atoms with Crippen molar-refractivity contribution in [3.05, 3.63) is 99.4 Å².